The van der Waals surface area contributed by atoms with Crippen LogP contribution in [-0.2, 0) is 11.3 Å². The number of benzene rings is 1. The van der Waals surface area contributed by atoms with Crippen LogP contribution in [0.4, 0.5) is 0 Å². The van der Waals surface area contributed by atoms with E-state index in [4.69, 9.17) is 0 Å². The first-order valence-corrected chi connectivity index (χ1v) is 6.29. The Bertz CT molecular complexity index is 408. The van der Waals surface area contributed by atoms with Crippen molar-refractivity contribution in [1.29, 1.82) is 0 Å². The highest BCUT2D eigenvalue weighted by atomic mass is 16.3. The molecule has 1 aliphatic rings. The van der Waals surface area contributed by atoms with Gasteiger partial charge < -0.3 is 10.0 Å². The quantitative estimate of drug-likeness (QED) is 0.857. The van der Waals surface area contributed by atoms with E-state index in [1.54, 1.807) is 11.9 Å². The summed E-state index contributed by atoms with van der Waals surface area (Å²) < 4.78 is 0. The zero-order valence-electron chi connectivity index (χ0n) is 10.9. The Hall–Kier alpha value is -1.39. The van der Waals surface area contributed by atoms with E-state index >= 15 is 0 Å². The fourth-order valence-electron chi connectivity index (χ4n) is 2.54. The van der Waals surface area contributed by atoms with Crippen molar-refractivity contribution in [2.24, 2.45) is 0 Å². The Morgan fingerprint density at radius 3 is 2.61 bits per heavy atom. The number of amides is 1. The monoisotopic (exact) mass is 248 g/mol. The number of hydrogen-bond acceptors (Lipinski definition) is 3. The molecule has 0 saturated carbocycles. The number of rotatable bonds is 3. The fourth-order valence-corrected chi connectivity index (χ4v) is 2.54. The van der Waals surface area contributed by atoms with Gasteiger partial charge in [0, 0.05) is 26.2 Å². The van der Waals surface area contributed by atoms with E-state index < -0.39 is 6.04 Å². The summed E-state index contributed by atoms with van der Waals surface area (Å²) in [6.45, 7) is 3.38. The van der Waals surface area contributed by atoms with Crippen LogP contribution in [0.2, 0.25) is 0 Å². The van der Waals surface area contributed by atoms with Gasteiger partial charge in [-0.05, 0) is 12.5 Å². The molecule has 1 heterocycles. The number of carbonyl (C=O) groups excluding carboxylic acids is 1. The second kappa shape index (κ2) is 5.50. The number of aliphatic hydroxyl groups is 1. The topological polar surface area (TPSA) is 43.8 Å². The Balaban J connectivity index is 2.16. The first-order chi connectivity index (χ1) is 8.63. The van der Waals surface area contributed by atoms with Gasteiger partial charge in [-0.1, -0.05) is 30.3 Å². The van der Waals surface area contributed by atoms with Crippen molar-refractivity contribution in [3.05, 3.63) is 35.9 Å². The molecule has 1 aliphatic heterocycles. The summed E-state index contributed by atoms with van der Waals surface area (Å²) in [7, 11) is 1.79. The SMILES string of the molecule is CC1CN(C)C(=O)C(CO)N1Cc1ccccc1. The van der Waals surface area contributed by atoms with Gasteiger partial charge in [0.2, 0.25) is 5.91 Å². The van der Waals surface area contributed by atoms with Gasteiger partial charge in [0.15, 0.2) is 0 Å². The van der Waals surface area contributed by atoms with Crippen LogP contribution in [-0.4, -0.2) is 53.1 Å². The second-order valence-corrected chi connectivity index (χ2v) is 4.92. The van der Waals surface area contributed by atoms with Crippen LogP contribution < -0.4 is 0 Å². The lowest BCUT2D eigenvalue weighted by atomic mass is 10.1. The number of hydrogen-bond donors (Lipinski definition) is 1. The third-order valence-corrected chi connectivity index (χ3v) is 3.55. The highest BCUT2D eigenvalue weighted by Gasteiger charge is 2.36. The molecule has 1 saturated heterocycles. The third-order valence-electron chi connectivity index (χ3n) is 3.55. The van der Waals surface area contributed by atoms with Crippen molar-refractivity contribution in [1.82, 2.24) is 9.80 Å². The molecule has 18 heavy (non-hydrogen) atoms. The Morgan fingerprint density at radius 1 is 1.33 bits per heavy atom. The summed E-state index contributed by atoms with van der Waals surface area (Å²) in [6.07, 6.45) is 0. The first-order valence-electron chi connectivity index (χ1n) is 6.29. The minimum absolute atomic E-state index is 0.00605. The summed E-state index contributed by atoms with van der Waals surface area (Å²) >= 11 is 0. The molecule has 4 heteroatoms. The van der Waals surface area contributed by atoms with E-state index in [0.717, 1.165) is 0 Å². The molecule has 0 aliphatic carbocycles. The average Bonchev–Trinajstić information content (AvgIpc) is 2.37. The molecule has 0 radical (unpaired) electrons. The van der Waals surface area contributed by atoms with Crippen molar-refractivity contribution in [3.63, 3.8) is 0 Å². The first kappa shape index (κ1) is 13.1. The summed E-state index contributed by atoms with van der Waals surface area (Å²) in [5.41, 5.74) is 1.17. The largest absolute Gasteiger partial charge is 0.394 e. The molecule has 0 bridgehead atoms. The number of carbonyl (C=O) groups is 1. The third kappa shape index (κ3) is 2.54. The van der Waals surface area contributed by atoms with Crippen LogP contribution in [0.3, 0.4) is 0 Å². The molecule has 0 aromatic heterocycles. The predicted molar refractivity (Wildman–Crippen MR) is 70.0 cm³/mol. The van der Waals surface area contributed by atoms with E-state index in [1.165, 1.54) is 5.56 Å². The molecule has 1 aromatic carbocycles. The average molecular weight is 248 g/mol. The molecule has 2 rings (SSSR count). The van der Waals surface area contributed by atoms with Crippen molar-refractivity contribution in [2.45, 2.75) is 25.6 Å². The van der Waals surface area contributed by atoms with Crippen LogP contribution in [0.15, 0.2) is 30.3 Å². The van der Waals surface area contributed by atoms with Crippen LogP contribution in [0.1, 0.15) is 12.5 Å². The van der Waals surface area contributed by atoms with Gasteiger partial charge in [0.25, 0.3) is 0 Å². The number of nitrogens with zero attached hydrogens (tertiary/aromatic N) is 2. The number of likely N-dealkylation sites (N-methyl/N-ethyl adjacent to an activating group) is 1. The summed E-state index contributed by atoms with van der Waals surface area (Å²) in [4.78, 5) is 15.8. The van der Waals surface area contributed by atoms with Gasteiger partial charge >= 0.3 is 0 Å². The van der Waals surface area contributed by atoms with E-state index in [1.807, 2.05) is 30.3 Å². The highest BCUT2D eigenvalue weighted by Crippen LogP contribution is 2.19. The molecule has 1 fully saturated rings. The minimum Gasteiger partial charge on any atom is -0.394 e. The summed E-state index contributed by atoms with van der Waals surface area (Å²) in [5.74, 6) is 0.00605. The normalized spacial score (nSPS) is 25.5. The van der Waals surface area contributed by atoms with Gasteiger partial charge in [-0.3, -0.25) is 9.69 Å². The maximum atomic E-state index is 12.0. The van der Waals surface area contributed by atoms with E-state index in [0.29, 0.717) is 13.1 Å². The number of aliphatic hydroxyl groups excluding tert-OH is 1. The Kier molecular flexibility index (Phi) is 3.99. The Labute approximate surface area is 108 Å². The second-order valence-electron chi connectivity index (χ2n) is 4.92. The van der Waals surface area contributed by atoms with Crippen LogP contribution in [0, 0.1) is 0 Å². The molecular weight excluding hydrogens is 228 g/mol. The smallest absolute Gasteiger partial charge is 0.242 e. The molecule has 1 aromatic rings. The minimum atomic E-state index is -0.418. The zero-order valence-corrected chi connectivity index (χ0v) is 10.9. The van der Waals surface area contributed by atoms with E-state index in [2.05, 4.69) is 11.8 Å². The van der Waals surface area contributed by atoms with Crippen LogP contribution in [0.25, 0.3) is 0 Å². The van der Waals surface area contributed by atoms with Gasteiger partial charge in [-0.25, -0.2) is 0 Å². The number of piperazine rings is 1. The van der Waals surface area contributed by atoms with Crippen LogP contribution in [0.5, 0.6) is 0 Å². The van der Waals surface area contributed by atoms with Gasteiger partial charge in [-0.2, -0.15) is 0 Å². The standard InChI is InChI=1S/C14H20N2O2/c1-11-8-15(2)14(18)13(10-17)16(11)9-12-6-4-3-5-7-12/h3-7,11,13,17H,8-10H2,1-2H3. The Morgan fingerprint density at radius 2 is 2.00 bits per heavy atom. The lowest BCUT2D eigenvalue weighted by Gasteiger charge is -2.43. The van der Waals surface area contributed by atoms with Gasteiger partial charge in [0.1, 0.15) is 6.04 Å². The molecular formula is C14H20N2O2. The predicted octanol–water partition coefficient (Wildman–Crippen LogP) is 0.710. The van der Waals surface area contributed by atoms with Crippen molar-refractivity contribution in [2.75, 3.05) is 20.2 Å². The maximum Gasteiger partial charge on any atom is 0.242 e. The fraction of sp³-hybridized carbons (Fsp3) is 0.500. The van der Waals surface area contributed by atoms with Gasteiger partial charge in [0.05, 0.1) is 6.61 Å². The lowest BCUT2D eigenvalue weighted by Crippen LogP contribution is -2.60. The maximum absolute atomic E-state index is 12.0. The molecule has 2 unspecified atom stereocenters. The van der Waals surface area contributed by atoms with E-state index in [-0.39, 0.29) is 18.6 Å². The van der Waals surface area contributed by atoms with Gasteiger partial charge in [-0.15, -0.1) is 0 Å². The molecule has 98 valence electrons. The molecule has 1 amide bonds. The highest BCUT2D eigenvalue weighted by molar-refractivity contribution is 5.82. The van der Waals surface area contributed by atoms with E-state index in [9.17, 15) is 9.90 Å². The lowest BCUT2D eigenvalue weighted by molar-refractivity contribution is -0.145. The van der Waals surface area contributed by atoms with Crippen molar-refractivity contribution < 1.29 is 9.90 Å². The zero-order chi connectivity index (χ0) is 13.1. The summed E-state index contributed by atoms with van der Waals surface area (Å²) in [6, 6.07) is 9.89. The molecule has 0 spiro atoms. The molecule has 2 atom stereocenters. The molecule has 1 N–H and O–H groups in total. The summed E-state index contributed by atoms with van der Waals surface area (Å²) in [5, 5.41) is 9.46. The van der Waals surface area contributed by atoms with Crippen molar-refractivity contribution >= 4 is 5.91 Å². The van der Waals surface area contributed by atoms with Crippen LogP contribution >= 0.6 is 0 Å². The molecule has 4 nitrogen and oxygen atoms in total. The van der Waals surface area contributed by atoms with Crippen molar-refractivity contribution in [3.8, 4) is 0 Å².